The van der Waals surface area contributed by atoms with E-state index in [-0.39, 0.29) is 19.1 Å². The average Bonchev–Trinajstić information content (AvgIpc) is 2.93. The minimum atomic E-state index is -0.242. The zero-order valence-corrected chi connectivity index (χ0v) is 15.6. The molecule has 0 spiro atoms. The lowest BCUT2D eigenvalue weighted by molar-refractivity contribution is 0.0937. The number of carbonyl (C=O) groups is 1. The molecule has 0 bridgehead atoms. The average molecular weight is 375 g/mol. The Morgan fingerprint density at radius 1 is 1.24 bits per heavy atom. The van der Waals surface area contributed by atoms with E-state index in [9.17, 15) is 4.79 Å². The number of aromatic amines is 1. The molecule has 0 aliphatic carbocycles. The molecule has 1 aromatic heterocycles. The van der Waals surface area contributed by atoms with Crippen LogP contribution in [0.1, 0.15) is 21.6 Å². The Labute approximate surface area is 155 Å². The third-order valence-corrected chi connectivity index (χ3v) is 5.42. The molecular weight excluding hydrogens is 356 g/mol. The van der Waals surface area contributed by atoms with Crippen molar-refractivity contribution in [3.05, 3.63) is 58.2 Å². The van der Waals surface area contributed by atoms with Gasteiger partial charge >= 0.3 is 0 Å². The molecule has 0 radical (unpaired) electrons. The zero-order valence-electron chi connectivity index (χ0n) is 14.0. The topological polar surface area (TPSA) is 65.1 Å². The molecule has 3 rings (SSSR count). The molecule has 0 atom stereocenters. The summed E-state index contributed by atoms with van der Waals surface area (Å²) in [7, 11) is 0. The first-order valence-electron chi connectivity index (χ1n) is 7.95. The Morgan fingerprint density at radius 3 is 2.76 bits per heavy atom. The number of aryl methyl sites for hydroxylation is 2. The highest BCUT2D eigenvalue weighted by Gasteiger charge is 2.19. The number of aliphatic hydroxyl groups is 1. The quantitative estimate of drug-likeness (QED) is 0.623. The van der Waals surface area contributed by atoms with Crippen LogP contribution in [0.5, 0.6) is 0 Å². The monoisotopic (exact) mass is 374 g/mol. The minimum Gasteiger partial charge on any atom is -0.395 e. The lowest BCUT2D eigenvalue weighted by Crippen LogP contribution is -2.27. The van der Waals surface area contributed by atoms with Crippen molar-refractivity contribution in [3.63, 3.8) is 0 Å². The highest BCUT2D eigenvalue weighted by Crippen LogP contribution is 2.39. The summed E-state index contributed by atoms with van der Waals surface area (Å²) in [6.07, 6.45) is 0. The van der Waals surface area contributed by atoms with Gasteiger partial charge in [-0.15, -0.1) is 0 Å². The molecule has 1 amide bonds. The summed E-state index contributed by atoms with van der Waals surface area (Å²) in [5.74, 6) is -0.242. The first-order valence-corrected chi connectivity index (χ1v) is 9.14. The zero-order chi connectivity index (χ0) is 18.0. The van der Waals surface area contributed by atoms with Gasteiger partial charge in [0.1, 0.15) is 5.69 Å². The first kappa shape index (κ1) is 17.9. The second-order valence-corrected chi connectivity index (χ2v) is 7.36. The predicted octanol–water partition coefficient (Wildman–Crippen LogP) is 4.31. The van der Waals surface area contributed by atoms with Crippen molar-refractivity contribution in [2.24, 2.45) is 0 Å². The van der Waals surface area contributed by atoms with E-state index in [0.29, 0.717) is 10.7 Å². The van der Waals surface area contributed by atoms with Crippen LogP contribution in [0, 0.1) is 13.8 Å². The molecule has 0 unspecified atom stereocenters. The van der Waals surface area contributed by atoms with Crippen LogP contribution in [0.15, 0.2) is 46.2 Å². The third kappa shape index (κ3) is 3.84. The van der Waals surface area contributed by atoms with Crippen LogP contribution < -0.4 is 5.32 Å². The largest absolute Gasteiger partial charge is 0.395 e. The molecule has 1 heterocycles. The molecule has 130 valence electrons. The number of nitrogens with one attached hydrogen (secondary N) is 2. The minimum absolute atomic E-state index is 0.0999. The fourth-order valence-electron chi connectivity index (χ4n) is 2.69. The van der Waals surface area contributed by atoms with Gasteiger partial charge in [-0.25, -0.2) is 0 Å². The fourth-order valence-corrected chi connectivity index (χ4v) is 3.96. The number of aromatic nitrogens is 1. The van der Waals surface area contributed by atoms with Crippen LogP contribution >= 0.6 is 23.4 Å². The summed E-state index contributed by atoms with van der Waals surface area (Å²) >= 11 is 7.70. The van der Waals surface area contributed by atoms with Crippen LogP contribution in [0.4, 0.5) is 0 Å². The number of hydrogen-bond donors (Lipinski definition) is 3. The van der Waals surface area contributed by atoms with Crippen LogP contribution in [-0.4, -0.2) is 29.1 Å². The van der Waals surface area contributed by atoms with Gasteiger partial charge in [-0.3, -0.25) is 4.79 Å². The van der Waals surface area contributed by atoms with E-state index >= 15 is 0 Å². The number of hydrogen-bond acceptors (Lipinski definition) is 3. The number of benzene rings is 2. The third-order valence-electron chi connectivity index (χ3n) is 3.88. The lowest BCUT2D eigenvalue weighted by atomic mass is 10.2. The summed E-state index contributed by atoms with van der Waals surface area (Å²) in [5, 5.41) is 13.2. The van der Waals surface area contributed by atoms with Gasteiger partial charge in [0.2, 0.25) is 0 Å². The molecule has 25 heavy (non-hydrogen) atoms. The highest BCUT2D eigenvalue weighted by molar-refractivity contribution is 7.99. The molecule has 6 heteroatoms. The van der Waals surface area contributed by atoms with Crippen LogP contribution in [0.25, 0.3) is 10.9 Å². The van der Waals surface area contributed by atoms with Crippen molar-refractivity contribution in [1.29, 1.82) is 0 Å². The van der Waals surface area contributed by atoms with Gasteiger partial charge in [-0.2, -0.15) is 0 Å². The number of rotatable bonds is 5. The molecule has 0 saturated carbocycles. The molecular formula is C19H19ClN2O2S. The summed E-state index contributed by atoms with van der Waals surface area (Å²) in [5.41, 5.74) is 3.69. The molecule has 3 aromatic rings. The first-order chi connectivity index (χ1) is 12.0. The molecule has 0 saturated heterocycles. The smallest absolute Gasteiger partial charge is 0.268 e. The van der Waals surface area contributed by atoms with E-state index in [1.54, 1.807) is 17.8 Å². The van der Waals surface area contributed by atoms with E-state index in [2.05, 4.69) is 42.3 Å². The van der Waals surface area contributed by atoms with E-state index < -0.39 is 0 Å². The maximum Gasteiger partial charge on any atom is 0.268 e. The molecule has 0 aliphatic heterocycles. The maximum absolute atomic E-state index is 12.5. The SMILES string of the molecule is Cc1ccc(Sc2c(C(=O)NCCO)[nH]c3ccc(Cl)cc23)c(C)c1. The standard InChI is InChI=1S/C19H19ClN2O2S/c1-11-3-6-16(12(2)9-11)25-18-14-10-13(20)4-5-15(14)22-17(18)19(24)21-7-8-23/h3-6,9-10,22-23H,7-8H2,1-2H3,(H,21,24). The Balaban J connectivity index is 2.09. The molecule has 2 aromatic carbocycles. The molecule has 0 aliphatic rings. The number of fused-ring (bicyclic) bond motifs is 1. The molecule has 4 nitrogen and oxygen atoms in total. The van der Waals surface area contributed by atoms with Crippen molar-refractivity contribution in [1.82, 2.24) is 10.3 Å². The van der Waals surface area contributed by atoms with Gasteiger partial charge in [0.15, 0.2) is 0 Å². The van der Waals surface area contributed by atoms with Crippen molar-refractivity contribution in [2.75, 3.05) is 13.2 Å². The second kappa shape index (κ2) is 7.52. The van der Waals surface area contributed by atoms with Crippen molar-refractivity contribution < 1.29 is 9.90 Å². The van der Waals surface area contributed by atoms with Crippen molar-refractivity contribution in [3.8, 4) is 0 Å². The maximum atomic E-state index is 12.5. The van der Waals surface area contributed by atoms with Gasteiger partial charge in [-0.1, -0.05) is 41.1 Å². The van der Waals surface area contributed by atoms with Crippen LogP contribution in [-0.2, 0) is 0 Å². The van der Waals surface area contributed by atoms with Gasteiger partial charge < -0.3 is 15.4 Å². The lowest BCUT2D eigenvalue weighted by Gasteiger charge is -2.09. The number of halogens is 1. The number of aliphatic hydroxyl groups excluding tert-OH is 1. The number of carbonyl (C=O) groups excluding carboxylic acids is 1. The molecule has 3 N–H and O–H groups in total. The van der Waals surface area contributed by atoms with Crippen molar-refractivity contribution >= 4 is 40.2 Å². The summed E-state index contributed by atoms with van der Waals surface area (Å²) in [6.45, 7) is 4.23. The Hall–Kier alpha value is -1.95. The number of amides is 1. The summed E-state index contributed by atoms with van der Waals surface area (Å²) in [6, 6.07) is 11.8. The van der Waals surface area contributed by atoms with Crippen molar-refractivity contribution in [2.45, 2.75) is 23.6 Å². The normalized spacial score (nSPS) is 11.0. The van der Waals surface area contributed by atoms with E-state index in [0.717, 1.165) is 26.3 Å². The molecule has 0 fully saturated rings. The van der Waals surface area contributed by atoms with E-state index in [1.165, 1.54) is 5.56 Å². The second-order valence-electron chi connectivity index (χ2n) is 5.87. The van der Waals surface area contributed by atoms with E-state index in [4.69, 9.17) is 16.7 Å². The van der Waals surface area contributed by atoms with Crippen LogP contribution in [0.2, 0.25) is 5.02 Å². The van der Waals surface area contributed by atoms with Gasteiger partial charge in [0.05, 0.1) is 11.5 Å². The van der Waals surface area contributed by atoms with E-state index in [1.807, 2.05) is 12.1 Å². The van der Waals surface area contributed by atoms with Crippen LogP contribution in [0.3, 0.4) is 0 Å². The fraction of sp³-hybridized carbons (Fsp3) is 0.211. The highest BCUT2D eigenvalue weighted by atomic mass is 35.5. The Morgan fingerprint density at radius 2 is 2.04 bits per heavy atom. The summed E-state index contributed by atoms with van der Waals surface area (Å²) < 4.78 is 0. The summed E-state index contributed by atoms with van der Waals surface area (Å²) in [4.78, 5) is 17.6. The predicted molar refractivity (Wildman–Crippen MR) is 103 cm³/mol. The Kier molecular flexibility index (Phi) is 5.37. The van der Waals surface area contributed by atoms with Gasteiger partial charge in [-0.05, 0) is 43.7 Å². The number of H-pyrrole nitrogens is 1. The Bertz CT molecular complexity index is 937. The van der Waals surface area contributed by atoms with Gasteiger partial charge in [0, 0.05) is 27.4 Å². The van der Waals surface area contributed by atoms with Gasteiger partial charge in [0.25, 0.3) is 5.91 Å².